The first-order chi connectivity index (χ1) is 7.83. The second-order valence-electron chi connectivity index (χ2n) is 3.46. The van der Waals surface area contributed by atoms with Gasteiger partial charge in [-0.25, -0.2) is 9.97 Å². The molecule has 0 N–H and O–H groups in total. The van der Waals surface area contributed by atoms with E-state index in [1.807, 2.05) is 18.2 Å². The smallest absolute Gasteiger partial charge is 0.159 e. The van der Waals surface area contributed by atoms with Crippen LogP contribution in [0.4, 0.5) is 0 Å². The minimum absolute atomic E-state index is 0.482. The van der Waals surface area contributed by atoms with Crippen molar-refractivity contribution in [2.24, 2.45) is 0 Å². The summed E-state index contributed by atoms with van der Waals surface area (Å²) in [6.07, 6.45) is 4.08. The van der Waals surface area contributed by atoms with Crippen LogP contribution < -0.4 is 0 Å². The predicted octanol–water partition coefficient (Wildman–Crippen LogP) is 2.58. The summed E-state index contributed by atoms with van der Waals surface area (Å²) in [7, 11) is 0. The maximum atomic E-state index is 8.65. The van der Waals surface area contributed by atoms with Crippen LogP contribution in [-0.2, 0) is 6.42 Å². The zero-order chi connectivity index (χ0) is 11.4. The van der Waals surface area contributed by atoms with Crippen LogP contribution in [0, 0.1) is 11.3 Å². The highest BCUT2D eigenvalue weighted by molar-refractivity contribution is 5.56. The number of hydrogen-bond donors (Lipinski definition) is 0. The Morgan fingerprint density at radius 1 is 1.25 bits per heavy atom. The van der Waals surface area contributed by atoms with E-state index >= 15 is 0 Å². The molecule has 0 aliphatic heterocycles. The molecule has 2 aromatic rings. The third-order valence-corrected chi connectivity index (χ3v) is 2.37. The second kappa shape index (κ2) is 4.54. The van der Waals surface area contributed by atoms with Gasteiger partial charge < -0.3 is 0 Å². The van der Waals surface area contributed by atoms with Crippen molar-refractivity contribution in [3.05, 3.63) is 47.8 Å². The number of aryl methyl sites for hydroxylation is 1. The van der Waals surface area contributed by atoms with Gasteiger partial charge in [0.25, 0.3) is 0 Å². The summed E-state index contributed by atoms with van der Waals surface area (Å²) in [6.45, 7) is 2.11. The minimum Gasteiger partial charge on any atom is -0.235 e. The number of hydrogen-bond acceptors (Lipinski definition) is 3. The lowest BCUT2D eigenvalue weighted by Crippen LogP contribution is -1.90. The first-order valence-corrected chi connectivity index (χ1v) is 5.15. The molecule has 16 heavy (non-hydrogen) atoms. The van der Waals surface area contributed by atoms with Crippen LogP contribution in [0.25, 0.3) is 11.4 Å². The Balaban J connectivity index is 2.39. The highest BCUT2D eigenvalue weighted by Gasteiger charge is 2.01. The van der Waals surface area contributed by atoms with Crippen molar-refractivity contribution in [3.63, 3.8) is 0 Å². The Bertz CT molecular complexity index is 524. The summed E-state index contributed by atoms with van der Waals surface area (Å²) in [4.78, 5) is 8.32. The molecular weight excluding hydrogens is 198 g/mol. The normalized spacial score (nSPS) is 9.75. The minimum atomic E-state index is 0.482. The van der Waals surface area contributed by atoms with Crippen LogP contribution in [0.5, 0.6) is 0 Å². The number of nitriles is 1. The summed E-state index contributed by atoms with van der Waals surface area (Å²) < 4.78 is 0. The van der Waals surface area contributed by atoms with Crippen LogP contribution in [-0.4, -0.2) is 9.97 Å². The Labute approximate surface area is 94.4 Å². The number of rotatable bonds is 2. The predicted molar refractivity (Wildman–Crippen MR) is 61.6 cm³/mol. The van der Waals surface area contributed by atoms with Gasteiger partial charge in [-0.05, 0) is 18.1 Å². The highest BCUT2D eigenvalue weighted by atomic mass is 14.9. The van der Waals surface area contributed by atoms with Crippen LogP contribution in [0.3, 0.4) is 0 Å². The van der Waals surface area contributed by atoms with Gasteiger partial charge in [-0.15, -0.1) is 0 Å². The van der Waals surface area contributed by atoms with Gasteiger partial charge in [0.05, 0.1) is 5.56 Å². The fraction of sp³-hybridized carbons (Fsp3) is 0.154. The van der Waals surface area contributed by atoms with Crippen molar-refractivity contribution >= 4 is 0 Å². The Kier molecular flexibility index (Phi) is 2.93. The molecule has 0 atom stereocenters. The fourth-order valence-corrected chi connectivity index (χ4v) is 1.47. The molecule has 1 aromatic heterocycles. The van der Waals surface area contributed by atoms with Gasteiger partial charge in [-0.3, -0.25) is 0 Å². The zero-order valence-corrected chi connectivity index (χ0v) is 9.01. The second-order valence-corrected chi connectivity index (χ2v) is 3.46. The average Bonchev–Trinajstić information content (AvgIpc) is 2.39. The summed E-state index contributed by atoms with van der Waals surface area (Å²) in [6, 6.07) is 10.1. The van der Waals surface area contributed by atoms with E-state index in [1.54, 1.807) is 12.4 Å². The van der Waals surface area contributed by atoms with Crippen LogP contribution in [0.1, 0.15) is 18.1 Å². The first-order valence-electron chi connectivity index (χ1n) is 5.15. The van der Waals surface area contributed by atoms with Crippen molar-refractivity contribution < 1.29 is 0 Å². The van der Waals surface area contributed by atoms with E-state index < -0.39 is 0 Å². The lowest BCUT2D eigenvalue weighted by Gasteiger charge is -2.01. The summed E-state index contributed by atoms with van der Waals surface area (Å²) in [5, 5.41) is 8.65. The zero-order valence-electron chi connectivity index (χ0n) is 9.01. The molecule has 0 saturated carbocycles. The lowest BCUT2D eigenvalue weighted by atomic mass is 10.1. The first kappa shape index (κ1) is 10.3. The molecule has 0 amide bonds. The van der Waals surface area contributed by atoms with Gasteiger partial charge in [-0.2, -0.15) is 5.26 Å². The monoisotopic (exact) mass is 209 g/mol. The highest BCUT2D eigenvalue weighted by Crippen LogP contribution is 2.16. The SMILES string of the molecule is CCc1cccc(-c2ncc(C#N)cn2)c1. The molecule has 2 rings (SSSR count). The Hall–Kier alpha value is -2.21. The molecule has 78 valence electrons. The van der Waals surface area contributed by atoms with Gasteiger partial charge in [0, 0.05) is 18.0 Å². The van der Waals surface area contributed by atoms with Gasteiger partial charge in [0.1, 0.15) is 6.07 Å². The topological polar surface area (TPSA) is 49.6 Å². The molecule has 0 bridgehead atoms. The van der Waals surface area contributed by atoms with Crippen molar-refractivity contribution in [2.45, 2.75) is 13.3 Å². The van der Waals surface area contributed by atoms with Crippen molar-refractivity contribution in [1.29, 1.82) is 5.26 Å². The molecule has 0 saturated heterocycles. The maximum Gasteiger partial charge on any atom is 0.159 e. The van der Waals surface area contributed by atoms with Crippen molar-refractivity contribution in [3.8, 4) is 17.5 Å². The van der Waals surface area contributed by atoms with E-state index in [2.05, 4.69) is 29.0 Å². The van der Waals surface area contributed by atoms with Gasteiger partial charge in [-0.1, -0.05) is 25.1 Å². The van der Waals surface area contributed by atoms with Crippen LogP contribution >= 0.6 is 0 Å². The van der Waals surface area contributed by atoms with E-state index in [0.29, 0.717) is 11.4 Å². The lowest BCUT2D eigenvalue weighted by molar-refractivity contribution is 1.12. The fourth-order valence-electron chi connectivity index (χ4n) is 1.47. The standard InChI is InChI=1S/C13H11N3/c1-2-10-4-3-5-12(6-10)13-15-8-11(7-14)9-16-13/h3-6,8-9H,2H2,1H3. The molecule has 1 heterocycles. The van der Waals surface area contributed by atoms with E-state index in [9.17, 15) is 0 Å². The van der Waals surface area contributed by atoms with Gasteiger partial charge >= 0.3 is 0 Å². The molecule has 0 radical (unpaired) electrons. The third kappa shape index (κ3) is 2.06. The Morgan fingerprint density at radius 2 is 2.00 bits per heavy atom. The molecule has 0 fully saturated rings. The van der Waals surface area contributed by atoms with Gasteiger partial charge in [0.15, 0.2) is 5.82 Å². The molecular formula is C13H11N3. The Morgan fingerprint density at radius 3 is 2.62 bits per heavy atom. The molecule has 1 aromatic carbocycles. The summed E-state index contributed by atoms with van der Waals surface area (Å²) in [5.41, 5.74) is 2.73. The summed E-state index contributed by atoms with van der Waals surface area (Å²) in [5.74, 6) is 0.661. The van der Waals surface area contributed by atoms with Crippen LogP contribution in [0.15, 0.2) is 36.7 Å². The van der Waals surface area contributed by atoms with E-state index in [-0.39, 0.29) is 0 Å². The van der Waals surface area contributed by atoms with Crippen molar-refractivity contribution in [2.75, 3.05) is 0 Å². The van der Waals surface area contributed by atoms with E-state index in [4.69, 9.17) is 5.26 Å². The van der Waals surface area contributed by atoms with Gasteiger partial charge in [0.2, 0.25) is 0 Å². The quantitative estimate of drug-likeness (QED) is 0.763. The molecule has 0 aliphatic carbocycles. The van der Waals surface area contributed by atoms with Crippen LogP contribution in [0.2, 0.25) is 0 Å². The average molecular weight is 209 g/mol. The third-order valence-electron chi connectivity index (χ3n) is 2.37. The number of benzene rings is 1. The maximum absolute atomic E-state index is 8.65. The largest absolute Gasteiger partial charge is 0.235 e. The van der Waals surface area contributed by atoms with E-state index in [1.165, 1.54) is 5.56 Å². The number of aromatic nitrogens is 2. The molecule has 0 unspecified atom stereocenters. The van der Waals surface area contributed by atoms with Crippen molar-refractivity contribution in [1.82, 2.24) is 9.97 Å². The number of nitrogens with zero attached hydrogens (tertiary/aromatic N) is 3. The summed E-state index contributed by atoms with van der Waals surface area (Å²) >= 11 is 0. The van der Waals surface area contributed by atoms with E-state index in [0.717, 1.165) is 12.0 Å². The molecule has 3 heteroatoms. The molecule has 0 spiro atoms. The molecule has 3 nitrogen and oxygen atoms in total. The molecule has 0 aliphatic rings.